The van der Waals surface area contributed by atoms with Gasteiger partial charge in [0.2, 0.25) is 0 Å². The lowest BCUT2D eigenvalue weighted by atomic mass is 9.95. The first-order chi connectivity index (χ1) is 9.24. The van der Waals surface area contributed by atoms with Gasteiger partial charge >= 0.3 is 0 Å². The van der Waals surface area contributed by atoms with Gasteiger partial charge in [-0.1, -0.05) is 45.4 Å². The first-order valence-corrected chi connectivity index (χ1v) is 8.29. The van der Waals surface area contributed by atoms with E-state index in [2.05, 4.69) is 6.92 Å². The molecule has 0 saturated heterocycles. The standard InChI is InChI=1S/C17H35NO2/c1-7-8-9-10-11-12-13-17(6,20)16(19)18(14(2)3)15(4)5/h14-15,20H,7-13H2,1-6H3. The van der Waals surface area contributed by atoms with E-state index < -0.39 is 5.60 Å². The van der Waals surface area contributed by atoms with Crippen LogP contribution in [0.15, 0.2) is 0 Å². The molecule has 0 fully saturated rings. The molecule has 0 aromatic heterocycles. The molecule has 1 atom stereocenters. The maximum Gasteiger partial charge on any atom is 0.254 e. The van der Waals surface area contributed by atoms with Crippen LogP contribution in [-0.2, 0) is 4.79 Å². The summed E-state index contributed by atoms with van der Waals surface area (Å²) in [5.41, 5.74) is -1.22. The van der Waals surface area contributed by atoms with Gasteiger partial charge in [0, 0.05) is 12.1 Å². The Morgan fingerprint density at radius 2 is 1.45 bits per heavy atom. The van der Waals surface area contributed by atoms with Crippen LogP contribution < -0.4 is 0 Å². The molecular weight excluding hydrogens is 250 g/mol. The smallest absolute Gasteiger partial charge is 0.254 e. The van der Waals surface area contributed by atoms with Crippen molar-refractivity contribution in [1.82, 2.24) is 4.90 Å². The minimum atomic E-state index is -1.22. The molecule has 20 heavy (non-hydrogen) atoms. The van der Waals surface area contributed by atoms with Crippen molar-refractivity contribution in [2.24, 2.45) is 0 Å². The van der Waals surface area contributed by atoms with Crippen LogP contribution in [0.1, 0.15) is 86.5 Å². The van der Waals surface area contributed by atoms with E-state index >= 15 is 0 Å². The highest BCUT2D eigenvalue weighted by molar-refractivity contribution is 5.85. The Kier molecular flexibility index (Phi) is 9.11. The SMILES string of the molecule is CCCCCCCCC(C)(O)C(=O)N(C(C)C)C(C)C. The minimum Gasteiger partial charge on any atom is -0.380 e. The maximum absolute atomic E-state index is 12.5. The monoisotopic (exact) mass is 285 g/mol. The Hall–Kier alpha value is -0.570. The second-order valence-electron chi connectivity index (χ2n) is 6.69. The average molecular weight is 285 g/mol. The zero-order valence-corrected chi connectivity index (χ0v) is 14.4. The van der Waals surface area contributed by atoms with E-state index in [4.69, 9.17) is 0 Å². The van der Waals surface area contributed by atoms with E-state index in [1.807, 2.05) is 27.7 Å². The number of rotatable bonds is 10. The summed E-state index contributed by atoms with van der Waals surface area (Å²) >= 11 is 0. The summed E-state index contributed by atoms with van der Waals surface area (Å²) in [4.78, 5) is 14.3. The molecule has 120 valence electrons. The average Bonchev–Trinajstić information content (AvgIpc) is 2.32. The van der Waals surface area contributed by atoms with Crippen LogP contribution in [0.3, 0.4) is 0 Å². The Bertz CT molecular complexity index is 264. The zero-order chi connectivity index (χ0) is 15.8. The van der Waals surface area contributed by atoms with Crippen LogP contribution in [0.4, 0.5) is 0 Å². The van der Waals surface area contributed by atoms with Crippen molar-refractivity contribution in [1.29, 1.82) is 0 Å². The lowest BCUT2D eigenvalue weighted by Crippen LogP contribution is -2.52. The molecule has 3 nitrogen and oxygen atoms in total. The number of amides is 1. The fraction of sp³-hybridized carbons (Fsp3) is 0.941. The van der Waals surface area contributed by atoms with Crippen molar-refractivity contribution in [3.05, 3.63) is 0 Å². The Balaban J connectivity index is 4.29. The lowest BCUT2D eigenvalue weighted by molar-refractivity contribution is -0.154. The normalized spacial score (nSPS) is 14.7. The highest BCUT2D eigenvalue weighted by Crippen LogP contribution is 2.21. The maximum atomic E-state index is 12.5. The van der Waals surface area contributed by atoms with Gasteiger partial charge in [-0.2, -0.15) is 0 Å². The predicted molar refractivity (Wildman–Crippen MR) is 85.7 cm³/mol. The molecule has 3 heteroatoms. The van der Waals surface area contributed by atoms with Gasteiger partial charge in [0.1, 0.15) is 5.60 Å². The summed E-state index contributed by atoms with van der Waals surface area (Å²) in [6.45, 7) is 11.9. The predicted octanol–water partition coefficient (Wildman–Crippen LogP) is 4.13. The van der Waals surface area contributed by atoms with Gasteiger partial charge in [0.05, 0.1) is 0 Å². The highest BCUT2D eigenvalue weighted by Gasteiger charge is 2.35. The molecule has 1 unspecified atom stereocenters. The van der Waals surface area contributed by atoms with Gasteiger partial charge in [-0.25, -0.2) is 0 Å². The summed E-state index contributed by atoms with van der Waals surface area (Å²) in [5, 5.41) is 10.5. The van der Waals surface area contributed by atoms with E-state index in [9.17, 15) is 9.90 Å². The molecule has 0 spiro atoms. The second-order valence-corrected chi connectivity index (χ2v) is 6.69. The van der Waals surface area contributed by atoms with Crippen molar-refractivity contribution in [2.75, 3.05) is 0 Å². The largest absolute Gasteiger partial charge is 0.380 e. The molecule has 0 radical (unpaired) electrons. The fourth-order valence-corrected chi connectivity index (χ4v) is 2.70. The molecule has 0 aliphatic heterocycles. The van der Waals surface area contributed by atoms with Crippen LogP contribution >= 0.6 is 0 Å². The van der Waals surface area contributed by atoms with E-state index in [-0.39, 0.29) is 18.0 Å². The van der Waals surface area contributed by atoms with Crippen molar-refractivity contribution in [3.8, 4) is 0 Å². The number of hydrogen-bond donors (Lipinski definition) is 1. The quantitative estimate of drug-likeness (QED) is 0.613. The number of carbonyl (C=O) groups excluding carboxylic acids is 1. The van der Waals surface area contributed by atoms with E-state index in [0.29, 0.717) is 6.42 Å². The number of carbonyl (C=O) groups is 1. The molecule has 0 aliphatic rings. The molecule has 0 saturated carbocycles. The first-order valence-electron chi connectivity index (χ1n) is 8.29. The van der Waals surface area contributed by atoms with Gasteiger partial charge in [-0.15, -0.1) is 0 Å². The third kappa shape index (κ3) is 6.74. The van der Waals surface area contributed by atoms with Gasteiger partial charge in [0.25, 0.3) is 5.91 Å². The number of hydrogen-bond acceptors (Lipinski definition) is 2. The second kappa shape index (κ2) is 9.38. The van der Waals surface area contributed by atoms with Crippen molar-refractivity contribution >= 4 is 5.91 Å². The van der Waals surface area contributed by atoms with Crippen molar-refractivity contribution in [2.45, 2.75) is 104 Å². The zero-order valence-electron chi connectivity index (χ0n) is 14.4. The van der Waals surface area contributed by atoms with Crippen LogP contribution in [0.2, 0.25) is 0 Å². The summed E-state index contributed by atoms with van der Waals surface area (Å²) in [7, 11) is 0. The third-order valence-corrected chi connectivity index (χ3v) is 3.83. The molecule has 0 aromatic rings. The molecule has 0 bridgehead atoms. The van der Waals surface area contributed by atoms with Gasteiger partial charge in [-0.05, 0) is 41.0 Å². The number of unbranched alkanes of at least 4 members (excludes halogenated alkanes) is 5. The number of nitrogens with zero attached hydrogens (tertiary/aromatic N) is 1. The Morgan fingerprint density at radius 1 is 1.00 bits per heavy atom. The summed E-state index contributed by atoms with van der Waals surface area (Å²) in [6, 6.07) is 0.247. The summed E-state index contributed by atoms with van der Waals surface area (Å²) < 4.78 is 0. The molecule has 1 N–H and O–H groups in total. The van der Waals surface area contributed by atoms with Gasteiger partial charge < -0.3 is 10.0 Å². The molecule has 0 rings (SSSR count). The third-order valence-electron chi connectivity index (χ3n) is 3.83. The van der Waals surface area contributed by atoms with E-state index in [1.165, 1.54) is 25.7 Å². The minimum absolute atomic E-state index is 0.124. The molecular formula is C17H35NO2. The molecule has 1 amide bonds. The summed E-state index contributed by atoms with van der Waals surface area (Å²) in [5.74, 6) is -0.129. The van der Waals surface area contributed by atoms with E-state index in [0.717, 1.165) is 12.8 Å². The van der Waals surface area contributed by atoms with Gasteiger partial charge in [0.15, 0.2) is 0 Å². The fourth-order valence-electron chi connectivity index (χ4n) is 2.70. The lowest BCUT2D eigenvalue weighted by Gasteiger charge is -2.36. The molecule has 0 aliphatic carbocycles. The molecule has 0 aromatic carbocycles. The Labute approximate surface area is 125 Å². The Morgan fingerprint density at radius 3 is 1.90 bits per heavy atom. The van der Waals surface area contributed by atoms with Crippen LogP contribution in [0.5, 0.6) is 0 Å². The highest BCUT2D eigenvalue weighted by atomic mass is 16.3. The topological polar surface area (TPSA) is 40.5 Å². The van der Waals surface area contributed by atoms with Crippen molar-refractivity contribution in [3.63, 3.8) is 0 Å². The van der Waals surface area contributed by atoms with E-state index in [1.54, 1.807) is 11.8 Å². The van der Waals surface area contributed by atoms with Crippen molar-refractivity contribution < 1.29 is 9.90 Å². The number of aliphatic hydroxyl groups is 1. The van der Waals surface area contributed by atoms with Crippen LogP contribution in [-0.4, -0.2) is 33.6 Å². The first kappa shape index (κ1) is 19.4. The van der Waals surface area contributed by atoms with Crippen LogP contribution in [0.25, 0.3) is 0 Å². The van der Waals surface area contributed by atoms with Crippen LogP contribution in [0, 0.1) is 0 Å². The summed E-state index contributed by atoms with van der Waals surface area (Å²) in [6.07, 6.45) is 7.58. The molecule has 0 heterocycles. The van der Waals surface area contributed by atoms with Gasteiger partial charge in [-0.3, -0.25) is 4.79 Å².